The van der Waals surface area contributed by atoms with Crippen LogP contribution >= 0.6 is 0 Å². The Kier molecular flexibility index (Phi) is 3.98. The Balaban J connectivity index is 1.97. The molecule has 2 heterocycles. The Hall–Kier alpha value is -0.840. The molecule has 0 unspecified atom stereocenters. The molecule has 0 bridgehead atoms. The second-order valence-corrected chi connectivity index (χ2v) is 4.29. The number of morpholine rings is 1. The summed E-state index contributed by atoms with van der Waals surface area (Å²) in [5, 5.41) is 3.19. The van der Waals surface area contributed by atoms with Crippen molar-refractivity contribution < 1.29 is 4.74 Å². The number of nitrogens with one attached hydrogen (secondary N) is 1. The van der Waals surface area contributed by atoms with E-state index in [1.54, 1.807) is 0 Å². The zero-order valence-corrected chi connectivity index (χ0v) is 10.2. The topological polar surface area (TPSA) is 29.4 Å². The van der Waals surface area contributed by atoms with E-state index in [1.807, 2.05) is 7.05 Å². The molecule has 4 heteroatoms. The average molecular weight is 223 g/mol. The van der Waals surface area contributed by atoms with Gasteiger partial charge in [-0.1, -0.05) is 0 Å². The summed E-state index contributed by atoms with van der Waals surface area (Å²) in [5.41, 5.74) is 2.72. The van der Waals surface area contributed by atoms with Crippen molar-refractivity contribution in [3.05, 3.63) is 23.5 Å². The van der Waals surface area contributed by atoms with Gasteiger partial charge in [-0.3, -0.25) is 4.90 Å². The summed E-state index contributed by atoms with van der Waals surface area (Å²) in [4.78, 5) is 2.45. The first-order valence-corrected chi connectivity index (χ1v) is 5.89. The number of rotatable bonds is 4. The van der Waals surface area contributed by atoms with Crippen molar-refractivity contribution in [2.24, 2.45) is 7.05 Å². The van der Waals surface area contributed by atoms with Crippen molar-refractivity contribution in [2.75, 3.05) is 33.4 Å². The fourth-order valence-corrected chi connectivity index (χ4v) is 2.11. The van der Waals surface area contributed by atoms with Crippen molar-refractivity contribution in [2.45, 2.75) is 13.1 Å². The molecule has 0 amide bonds. The predicted molar refractivity (Wildman–Crippen MR) is 64.3 cm³/mol. The number of hydrogen-bond acceptors (Lipinski definition) is 3. The van der Waals surface area contributed by atoms with E-state index in [1.165, 1.54) is 11.4 Å². The second-order valence-electron chi connectivity index (χ2n) is 4.29. The lowest BCUT2D eigenvalue weighted by molar-refractivity contribution is 0.0333. The van der Waals surface area contributed by atoms with Gasteiger partial charge in [0, 0.05) is 44.6 Å². The third kappa shape index (κ3) is 2.64. The van der Waals surface area contributed by atoms with Crippen LogP contribution in [0.1, 0.15) is 11.4 Å². The van der Waals surface area contributed by atoms with Crippen molar-refractivity contribution in [3.8, 4) is 0 Å². The van der Waals surface area contributed by atoms with Gasteiger partial charge in [-0.15, -0.1) is 0 Å². The van der Waals surface area contributed by atoms with Crippen LogP contribution in [0.5, 0.6) is 0 Å². The van der Waals surface area contributed by atoms with Crippen LogP contribution in [-0.4, -0.2) is 42.8 Å². The van der Waals surface area contributed by atoms with Crippen LogP contribution in [0.3, 0.4) is 0 Å². The Bertz CT molecular complexity index is 329. The highest BCUT2D eigenvalue weighted by Gasteiger charge is 2.12. The summed E-state index contributed by atoms with van der Waals surface area (Å²) in [7, 11) is 4.12. The summed E-state index contributed by atoms with van der Waals surface area (Å²) in [6, 6.07) is 4.43. The van der Waals surface area contributed by atoms with E-state index in [0.717, 1.165) is 39.4 Å². The van der Waals surface area contributed by atoms with E-state index in [-0.39, 0.29) is 0 Å². The Morgan fingerprint density at radius 2 is 1.94 bits per heavy atom. The highest BCUT2D eigenvalue weighted by Crippen LogP contribution is 2.11. The highest BCUT2D eigenvalue weighted by atomic mass is 16.5. The van der Waals surface area contributed by atoms with Crippen LogP contribution in [0.15, 0.2) is 12.1 Å². The van der Waals surface area contributed by atoms with E-state index in [4.69, 9.17) is 4.74 Å². The maximum atomic E-state index is 5.35. The first-order chi connectivity index (χ1) is 7.81. The maximum Gasteiger partial charge on any atom is 0.0594 e. The summed E-state index contributed by atoms with van der Waals surface area (Å²) in [5.74, 6) is 0. The maximum absolute atomic E-state index is 5.35. The first kappa shape index (κ1) is 11.6. The summed E-state index contributed by atoms with van der Waals surface area (Å²) >= 11 is 0. The van der Waals surface area contributed by atoms with Crippen molar-refractivity contribution in [1.82, 2.24) is 14.8 Å². The molecule has 2 rings (SSSR count). The van der Waals surface area contributed by atoms with E-state index in [9.17, 15) is 0 Å². The van der Waals surface area contributed by atoms with Crippen molar-refractivity contribution >= 4 is 0 Å². The number of ether oxygens (including phenoxy) is 1. The molecule has 1 aromatic heterocycles. The molecule has 1 saturated heterocycles. The van der Waals surface area contributed by atoms with Gasteiger partial charge in [0.05, 0.1) is 13.2 Å². The van der Waals surface area contributed by atoms with Crippen molar-refractivity contribution in [1.29, 1.82) is 0 Å². The van der Waals surface area contributed by atoms with E-state index in [2.05, 4.69) is 34.0 Å². The lowest BCUT2D eigenvalue weighted by atomic mass is 10.3. The molecular formula is C12H21N3O. The quantitative estimate of drug-likeness (QED) is 0.809. The van der Waals surface area contributed by atoms with Crippen LogP contribution in [0.2, 0.25) is 0 Å². The molecular weight excluding hydrogens is 202 g/mol. The minimum absolute atomic E-state index is 0.869. The molecule has 90 valence electrons. The number of aromatic nitrogens is 1. The van der Waals surface area contributed by atoms with Gasteiger partial charge in [0.2, 0.25) is 0 Å². The van der Waals surface area contributed by atoms with Gasteiger partial charge >= 0.3 is 0 Å². The zero-order chi connectivity index (χ0) is 11.4. The predicted octanol–water partition coefficient (Wildman–Crippen LogP) is 0.577. The summed E-state index contributed by atoms with van der Waals surface area (Å²) < 4.78 is 7.64. The number of nitrogens with zero attached hydrogens (tertiary/aromatic N) is 2. The van der Waals surface area contributed by atoms with Gasteiger partial charge in [-0.25, -0.2) is 0 Å². The van der Waals surface area contributed by atoms with Crippen LogP contribution in [0.25, 0.3) is 0 Å². The molecule has 1 fully saturated rings. The molecule has 1 aliphatic rings. The highest BCUT2D eigenvalue weighted by molar-refractivity contribution is 5.16. The summed E-state index contributed by atoms with van der Waals surface area (Å²) in [6.07, 6.45) is 0. The van der Waals surface area contributed by atoms with Crippen molar-refractivity contribution in [3.63, 3.8) is 0 Å². The van der Waals surface area contributed by atoms with Gasteiger partial charge in [-0.2, -0.15) is 0 Å². The van der Waals surface area contributed by atoms with Gasteiger partial charge in [0.25, 0.3) is 0 Å². The molecule has 1 aliphatic heterocycles. The molecule has 0 aromatic carbocycles. The number of hydrogen-bond donors (Lipinski definition) is 1. The molecule has 16 heavy (non-hydrogen) atoms. The van der Waals surface area contributed by atoms with Gasteiger partial charge in [0.15, 0.2) is 0 Å². The first-order valence-electron chi connectivity index (χ1n) is 5.89. The largest absolute Gasteiger partial charge is 0.379 e. The minimum atomic E-state index is 0.869. The third-order valence-corrected chi connectivity index (χ3v) is 3.18. The van der Waals surface area contributed by atoms with Crippen LogP contribution in [-0.2, 0) is 24.9 Å². The molecule has 4 nitrogen and oxygen atoms in total. The average Bonchev–Trinajstić information content (AvgIpc) is 2.64. The third-order valence-electron chi connectivity index (χ3n) is 3.18. The van der Waals surface area contributed by atoms with E-state index in [0.29, 0.717) is 0 Å². The Morgan fingerprint density at radius 3 is 2.62 bits per heavy atom. The fourth-order valence-electron chi connectivity index (χ4n) is 2.11. The molecule has 1 N–H and O–H groups in total. The smallest absolute Gasteiger partial charge is 0.0594 e. The Morgan fingerprint density at radius 1 is 1.25 bits per heavy atom. The van der Waals surface area contributed by atoms with Crippen LogP contribution in [0.4, 0.5) is 0 Å². The van der Waals surface area contributed by atoms with Crippen LogP contribution in [0, 0.1) is 0 Å². The lowest BCUT2D eigenvalue weighted by Crippen LogP contribution is -2.36. The molecule has 0 radical (unpaired) electrons. The monoisotopic (exact) mass is 223 g/mol. The molecule has 0 spiro atoms. The van der Waals surface area contributed by atoms with E-state index >= 15 is 0 Å². The van der Waals surface area contributed by atoms with Gasteiger partial charge in [0.1, 0.15) is 0 Å². The fraction of sp³-hybridized carbons (Fsp3) is 0.667. The Labute approximate surface area is 97.2 Å². The molecule has 0 atom stereocenters. The second kappa shape index (κ2) is 5.48. The normalized spacial score (nSPS) is 17.9. The van der Waals surface area contributed by atoms with Crippen LogP contribution < -0.4 is 5.32 Å². The lowest BCUT2D eigenvalue weighted by Gasteiger charge is -2.26. The minimum Gasteiger partial charge on any atom is -0.379 e. The molecule has 1 aromatic rings. The van der Waals surface area contributed by atoms with Gasteiger partial charge in [-0.05, 0) is 19.2 Å². The van der Waals surface area contributed by atoms with Gasteiger partial charge < -0.3 is 14.6 Å². The zero-order valence-electron chi connectivity index (χ0n) is 10.2. The SMILES string of the molecule is CNCc1ccc(CN2CCOCC2)n1C. The van der Waals surface area contributed by atoms with E-state index < -0.39 is 0 Å². The standard InChI is InChI=1S/C12H21N3O/c1-13-9-11-3-4-12(14(11)2)10-15-5-7-16-8-6-15/h3-4,13H,5-10H2,1-2H3. The molecule has 0 saturated carbocycles. The summed E-state index contributed by atoms with van der Waals surface area (Å²) in [6.45, 7) is 5.80. The molecule has 0 aliphatic carbocycles.